The molecule has 1 heterocycles. The summed E-state index contributed by atoms with van der Waals surface area (Å²) in [6.07, 6.45) is 0. The molecule has 0 bridgehead atoms. The SMILES string of the molecule is CC(C)(C)c1cc(CN2CCN(Cc3cc(C(C)(C)C)cc(C(C)(C)C)c3O)CCN(Cc3cc(C(C)(C)C)cc(C(C)(C)C)c3O)CC2)c(O)c(C(C)(C)C)c1.[U]. The second-order valence-corrected chi connectivity index (χ2v) is 23.4. The number of hydrogen-bond donors (Lipinski definition) is 3. The molecular weight excluding hydrogens is 941 g/mol. The maximum atomic E-state index is 11.8. The van der Waals surface area contributed by atoms with Gasteiger partial charge in [-0.1, -0.05) is 161 Å². The summed E-state index contributed by atoms with van der Waals surface area (Å²) in [5.74, 6) is 1.21. The van der Waals surface area contributed by atoms with Gasteiger partial charge in [-0.25, -0.2) is 0 Å². The van der Waals surface area contributed by atoms with Crippen molar-refractivity contribution in [2.75, 3.05) is 39.3 Å². The van der Waals surface area contributed by atoms with Crippen LogP contribution in [-0.4, -0.2) is 69.3 Å². The first-order chi connectivity index (χ1) is 25.8. The molecule has 322 valence electrons. The molecule has 0 atom stereocenters. The van der Waals surface area contributed by atoms with Gasteiger partial charge in [-0.3, -0.25) is 14.7 Å². The Labute approximate surface area is 378 Å². The average Bonchev–Trinajstić information content (AvgIpc) is 3.11. The van der Waals surface area contributed by atoms with Crippen LogP contribution < -0.4 is 0 Å². The Morgan fingerprint density at radius 2 is 0.534 bits per heavy atom. The summed E-state index contributed by atoms with van der Waals surface area (Å²) in [7, 11) is 0. The fourth-order valence-corrected chi connectivity index (χ4v) is 7.84. The summed E-state index contributed by atoms with van der Waals surface area (Å²) < 4.78 is 0. The van der Waals surface area contributed by atoms with Crippen LogP contribution in [0.3, 0.4) is 0 Å². The van der Waals surface area contributed by atoms with Crippen molar-refractivity contribution in [2.45, 2.75) is 177 Å². The van der Waals surface area contributed by atoms with Crippen LogP contribution in [0.25, 0.3) is 0 Å². The predicted molar refractivity (Wildman–Crippen MR) is 242 cm³/mol. The van der Waals surface area contributed by atoms with Gasteiger partial charge in [-0.2, -0.15) is 0 Å². The van der Waals surface area contributed by atoms with Crippen LogP contribution in [0.5, 0.6) is 17.2 Å². The second kappa shape index (κ2) is 18.1. The van der Waals surface area contributed by atoms with Crippen LogP contribution in [0.1, 0.15) is 175 Å². The Morgan fingerprint density at radius 1 is 0.345 bits per heavy atom. The summed E-state index contributed by atoms with van der Waals surface area (Å²) in [5, 5.41) is 35.5. The van der Waals surface area contributed by atoms with Gasteiger partial charge in [-0.05, 0) is 65.9 Å². The van der Waals surface area contributed by atoms with E-state index < -0.39 is 0 Å². The third-order valence-electron chi connectivity index (χ3n) is 12.0. The molecular formula is C51H81N3O3U. The van der Waals surface area contributed by atoms with E-state index in [1.807, 2.05) is 0 Å². The molecule has 1 saturated heterocycles. The molecule has 1 fully saturated rings. The van der Waals surface area contributed by atoms with E-state index in [2.05, 4.69) is 176 Å². The van der Waals surface area contributed by atoms with E-state index in [9.17, 15) is 15.3 Å². The van der Waals surface area contributed by atoms with Gasteiger partial charge >= 0.3 is 0 Å². The molecule has 0 unspecified atom stereocenters. The number of rotatable bonds is 6. The Kier molecular flexibility index (Phi) is 15.8. The van der Waals surface area contributed by atoms with Crippen molar-refractivity contribution >= 4 is 0 Å². The number of phenols is 3. The average molecular weight is 1020 g/mol. The Balaban J connectivity index is 0.00000900. The zero-order chi connectivity index (χ0) is 43.3. The monoisotopic (exact) mass is 1020 g/mol. The molecule has 6 nitrogen and oxygen atoms in total. The fourth-order valence-electron chi connectivity index (χ4n) is 7.84. The van der Waals surface area contributed by atoms with Crippen molar-refractivity contribution in [1.82, 2.24) is 14.7 Å². The minimum Gasteiger partial charge on any atom is -0.507 e. The molecule has 7 heteroatoms. The van der Waals surface area contributed by atoms with E-state index in [0.29, 0.717) is 36.9 Å². The number of phenolic OH excluding ortho intramolecular Hbond substituents is 3. The maximum Gasteiger partial charge on any atom is 0.123 e. The van der Waals surface area contributed by atoms with Crippen molar-refractivity contribution in [3.8, 4) is 17.2 Å². The zero-order valence-electron chi connectivity index (χ0n) is 40.0. The van der Waals surface area contributed by atoms with Crippen molar-refractivity contribution in [3.05, 3.63) is 86.5 Å². The third-order valence-corrected chi connectivity index (χ3v) is 12.0. The van der Waals surface area contributed by atoms with Crippen LogP contribution >= 0.6 is 0 Å². The van der Waals surface area contributed by atoms with E-state index in [1.165, 1.54) is 16.7 Å². The van der Waals surface area contributed by atoms with Crippen LogP contribution in [0.4, 0.5) is 0 Å². The standard InChI is InChI=1S/C51H81N3O3.U/c1-46(2,3)37-25-34(43(55)40(28-37)49(10,11)12)31-52-19-21-53(32-35-26-38(47(4,5)6)29-41(44(35)56)50(13,14)15)23-24-54(22-20-52)33-36-27-39(48(7,8)9)30-42(45(36)57)51(16,17)18;/h25-30,55-57H,19-24,31-33H2,1-18H3;. The third kappa shape index (κ3) is 12.8. The molecule has 3 aromatic carbocycles. The van der Waals surface area contributed by atoms with Gasteiger partial charge < -0.3 is 15.3 Å². The number of hydrogen-bond acceptors (Lipinski definition) is 6. The minimum absolute atomic E-state index is 0. The molecule has 0 radical (unpaired) electrons. The molecule has 0 spiro atoms. The normalized spacial score (nSPS) is 16.4. The van der Waals surface area contributed by atoms with Gasteiger partial charge in [0.15, 0.2) is 0 Å². The first kappa shape index (κ1) is 50.3. The van der Waals surface area contributed by atoms with E-state index in [0.717, 1.165) is 72.6 Å². The van der Waals surface area contributed by atoms with E-state index in [1.54, 1.807) is 0 Å². The maximum absolute atomic E-state index is 11.8. The number of aromatic hydroxyl groups is 3. The number of benzene rings is 3. The first-order valence-electron chi connectivity index (χ1n) is 21.5. The molecule has 1 aliphatic rings. The Hall–Kier alpha value is -2.01. The van der Waals surface area contributed by atoms with Gasteiger partial charge in [0.05, 0.1) is 0 Å². The Bertz CT molecular complexity index is 1640. The van der Waals surface area contributed by atoms with Crippen molar-refractivity contribution < 1.29 is 46.4 Å². The van der Waals surface area contributed by atoms with Gasteiger partial charge in [-0.15, -0.1) is 0 Å². The smallest absolute Gasteiger partial charge is 0.123 e. The van der Waals surface area contributed by atoms with Crippen LogP contribution in [0.2, 0.25) is 0 Å². The van der Waals surface area contributed by atoms with E-state index >= 15 is 0 Å². The predicted octanol–water partition coefficient (Wildman–Crippen LogP) is 11.4. The van der Waals surface area contributed by atoms with Gasteiger partial charge in [0.1, 0.15) is 17.2 Å². The van der Waals surface area contributed by atoms with E-state index in [4.69, 9.17) is 0 Å². The topological polar surface area (TPSA) is 70.4 Å². The van der Waals surface area contributed by atoms with Gasteiger partial charge in [0.2, 0.25) is 0 Å². The molecule has 4 rings (SSSR count). The molecule has 58 heavy (non-hydrogen) atoms. The van der Waals surface area contributed by atoms with Crippen molar-refractivity contribution in [3.63, 3.8) is 0 Å². The van der Waals surface area contributed by atoms with Crippen LogP contribution in [-0.2, 0) is 52.1 Å². The summed E-state index contributed by atoms with van der Waals surface area (Å²) in [6, 6.07) is 13.3. The van der Waals surface area contributed by atoms with E-state index in [-0.39, 0.29) is 63.6 Å². The summed E-state index contributed by atoms with van der Waals surface area (Å²) in [6.45, 7) is 46.7. The first-order valence-corrected chi connectivity index (χ1v) is 21.5. The quantitative estimate of drug-likeness (QED) is 0.229. The Morgan fingerprint density at radius 3 is 0.690 bits per heavy atom. The fraction of sp³-hybridized carbons (Fsp3) is 0.647. The minimum atomic E-state index is -0.202. The number of nitrogens with zero attached hydrogens (tertiary/aromatic N) is 3. The largest absolute Gasteiger partial charge is 0.507 e. The molecule has 0 aromatic heterocycles. The molecule has 0 aliphatic carbocycles. The second-order valence-electron chi connectivity index (χ2n) is 23.4. The summed E-state index contributed by atoms with van der Waals surface area (Å²) in [5.41, 5.74) is 8.81. The molecule has 0 saturated carbocycles. The molecule has 3 aromatic rings. The summed E-state index contributed by atoms with van der Waals surface area (Å²) in [4.78, 5) is 7.49. The molecule has 1 aliphatic heterocycles. The zero-order valence-corrected chi connectivity index (χ0v) is 44.2. The van der Waals surface area contributed by atoms with Crippen molar-refractivity contribution in [2.24, 2.45) is 0 Å². The van der Waals surface area contributed by atoms with Gasteiger partial charge in [0.25, 0.3) is 0 Å². The van der Waals surface area contributed by atoms with Gasteiger partial charge in [0, 0.05) is 107 Å². The van der Waals surface area contributed by atoms with Crippen molar-refractivity contribution in [1.29, 1.82) is 0 Å². The molecule has 0 amide bonds. The summed E-state index contributed by atoms with van der Waals surface area (Å²) >= 11 is 0. The molecule has 3 N–H and O–H groups in total. The van der Waals surface area contributed by atoms with Crippen LogP contribution in [0, 0.1) is 31.1 Å². The van der Waals surface area contributed by atoms with Crippen LogP contribution in [0.15, 0.2) is 36.4 Å².